The minimum Gasteiger partial charge on any atom is -0.321 e. The molecule has 1 amide bonds. The van der Waals surface area contributed by atoms with Gasteiger partial charge in [-0.3, -0.25) is 4.79 Å². The van der Waals surface area contributed by atoms with Crippen LogP contribution < -0.4 is 5.32 Å². The Bertz CT molecular complexity index is 349. The van der Waals surface area contributed by atoms with Crippen molar-refractivity contribution in [1.29, 1.82) is 0 Å². The van der Waals surface area contributed by atoms with Crippen molar-refractivity contribution in [2.24, 2.45) is 0 Å². The molecule has 1 rings (SSSR count). The Morgan fingerprint density at radius 3 is 2.41 bits per heavy atom. The summed E-state index contributed by atoms with van der Waals surface area (Å²) in [7, 11) is 0. The van der Waals surface area contributed by atoms with Gasteiger partial charge in [-0.05, 0) is 30.5 Å². The molecule has 0 aromatic heterocycles. The average Bonchev–Trinajstić information content (AvgIpc) is 2.31. The lowest BCUT2D eigenvalue weighted by Crippen LogP contribution is -2.19. The van der Waals surface area contributed by atoms with Crippen molar-refractivity contribution in [2.75, 3.05) is 5.32 Å². The highest BCUT2D eigenvalue weighted by molar-refractivity contribution is 5.92. The number of anilines is 1. The molecule has 0 radical (unpaired) electrons. The van der Waals surface area contributed by atoms with E-state index in [4.69, 9.17) is 0 Å². The number of rotatable bonds is 6. The average molecular weight is 241 g/mol. The molecule has 0 saturated heterocycles. The molecular formula is C13H17F2NO. The fourth-order valence-corrected chi connectivity index (χ4v) is 1.53. The summed E-state index contributed by atoms with van der Waals surface area (Å²) in [6.45, 7) is 2.14. The van der Waals surface area contributed by atoms with Crippen molar-refractivity contribution < 1.29 is 13.6 Å². The van der Waals surface area contributed by atoms with E-state index in [1.807, 2.05) is 12.1 Å². The van der Waals surface area contributed by atoms with Crippen LogP contribution in [0.15, 0.2) is 24.3 Å². The quantitative estimate of drug-likeness (QED) is 0.757. The molecule has 0 atom stereocenters. The molecule has 1 aromatic carbocycles. The van der Waals surface area contributed by atoms with Crippen LogP contribution in [-0.4, -0.2) is 12.3 Å². The van der Waals surface area contributed by atoms with Crippen LogP contribution in [0, 0.1) is 0 Å². The molecule has 2 nitrogen and oxygen atoms in total. The van der Waals surface area contributed by atoms with Gasteiger partial charge in [0.2, 0.25) is 0 Å². The van der Waals surface area contributed by atoms with Crippen LogP contribution in [0.5, 0.6) is 0 Å². The second kappa shape index (κ2) is 6.99. The summed E-state index contributed by atoms with van der Waals surface area (Å²) in [5.41, 5.74) is 1.57. The van der Waals surface area contributed by atoms with Gasteiger partial charge in [0.15, 0.2) is 0 Å². The predicted octanol–water partition coefficient (Wildman–Crippen LogP) is 3.62. The van der Waals surface area contributed by atoms with Crippen LogP contribution in [0.1, 0.15) is 31.7 Å². The number of amides is 1. The second-order valence-electron chi connectivity index (χ2n) is 3.94. The summed E-state index contributed by atoms with van der Waals surface area (Å²) < 4.78 is 24.0. The summed E-state index contributed by atoms with van der Waals surface area (Å²) in [6, 6.07) is 7.02. The number of aryl methyl sites for hydroxylation is 1. The minimum atomic E-state index is -2.97. The third kappa shape index (κ3) is 4.93. The van der Waals surface area contributed by atoms with Crippen LogP contribution in [0.4, 0.5) is 14.5 Å². The van der Waals surface area contributed by atoms with E-state index in [2.05, 4.69) is 12.2 Å². The number of hydrogen-bond acceptors (Lipinski definition) is 1. The smallest absolute Gasteiger partial charge is 0.315 e. The summed E-state index contributed by atoms with van der Waals surface area (Å²) in [5, 5.41) is 2.15. The van der Waals surface area contributed by atoms with Crippen molar-refractivity contribution in [3.63, 3.8) is 0 Å². The van der Waals surface area contributed by atoms with E-state index < -0.39 is 12.3 Å². The maximum atomic E-state index is 12.0. The van der Waals surface area contributed by atoms with Gasteiger partial charge in [-0.25, -0.2) is 0 Å². The molecule has 17 heavy (non-hydrogen) atoms. The van der Waals surface area contributed by atoms with Gasteiger partial charge in [-0.15, -0.1) is 0 Å². The largest absolute Gasteiger partial charge is 0.321 e. The first-order valence-electron chi connectivity index (χ1n) is 5.81. The Morgan fingerprint density at radius 1 is 1.24 bits per heavy atom. The van der Waals surface area contributed by atoms with Gasteiger partial charge in [0.1, 0.15) is 0 Å². The van der Waals surface area contributed by atoms with Gasteiger partial charge in [-0.2, -0.15) is 8.78 Å². The van der Waals surface area contributed by atoms with Gasteiger partial charge in [0.05, 0.1) is 0 Å². The summed E-state index contributed by atoms with van der Waals surface area (Å²) in [4.78, 5) is 10.7. The molecular weight excluding hydrogens is 224 g/mol. The van der Waals surface area contributed by atoms with Crippen LogP contribution >= 0.6 is 0 Å². The fourth-order valence-electron chi connectivity index (χ4n) is 1.53. The Balaban J connectivity index is 2.47. The predicted molar refractivity (Wildman–Crippen MR) is 64.3 cm³/mol. The molecule has 4 heteroatoms. The Kier molecular flexibility index (Phi) is 5.60. The van der Waals surface area contributed by atoms with Gasteiger partial charge in [0, 0.05) is 5.69 Å². The Labute approximate surface area is 100 Å². The van der Waals surface area contributed by atoms with Crippen LogP contribution in [-0.2, 0) is 11.2 Å². The maximum Gasteiger partial charge on any atom is 0.315 e. The lowest BCUT2D eigenvalue weighted by atomic mass is 10.1. The molecule has 0 heterocycles. The molecule has 0 fully saturated rings. The van der Waals surface area contributed by atoms with Gasteiger partial charge < -0.3 is 5.32 Å². The van der Waals surface area contributed by atoms with Gasteiger partial charge in [-0.1, -0.05) is 31.9 Å². The molecule has 1 N–H and O–H groups in total. The van der Waals surface area contributed by atoms with Crippen molar-refractivity contribution in [1.82, 2.24) is 0 Å². The Hall–Kier alpha value is -1.45. The lowest BCUT2D eigenvalue weighted by Gasteiger charge is -2.05. The van der Waals surface area contributed by atoms with Crippen molar-refractivity contribution in [3.05, 3.63) is 29.8 Å². The maximum absolute atomic E-state index is 12.0. The third-order valence-electron chi connectivity index (χ3n) is 2.49. The Morgan fingerprint density at radius 2 is 1.88 bits per heavy atom. The van der Waals surface area contributed by atoms with E-state index in [1.165, 1.54) is 12.8 Å². The van der Waals surface area contributed by atoms with Gasteiger partial charge in [0.25, 0.3) is 5.91 Å². The molecule has 0 aliphatic heterocycles. The zero-order chi connectivity index (χ0) is 12.7. The monoisotopic (exact) mass is 241 g/mol. The highest BCUT2D eigenvalue weighted by atomic mass is 19.3. The van der Waals surface area contributed by atoms with E-state index >= 15 is 0 Å². The first-order valence-corrected chi connectivity index (χ1v) is 5.81. The molecule has 0 saturated carbocycles. The molecule has 0 bridgehead atoms. The number of hydrogen-bond donors (Lipinski definition) is 1. The lowest BCUT2D eigenvalue weighted by molar-refractivity contribution is -0.126. The number of alkyl halides is 2. The van der Waals surface area contributed by atoms with E-state index in [-0.39, 0.29) is 0 Å². The summed E-state index contributed by atoms with van der Waals surface area (Å²) in [5.74, 6) is -1.26. The zero-order valence-corrected chi connectivity index (χ0v) is 9.88. The minimum absolute atomic E-state index is 0.412. The summed E-state index contributed by atoms with van der Waals surface area (Å²) in [6.07, 6.45) is 1.49. The highest BCUT2D eigenvalue weighted by Gasteiger charge is 2.14. The topological polar surface area (TPSA) is 29.1 Å². The standard InChI is InChI=1S/C13H17F2NO/c1-2-3-4-5-10-6-8-11(9-7-10)16-13(17)12(14)15/h6-9,12H,2-5H2,1H3,(H,16,17). The van der Waals surface area contributed by atoms with Gasteiger partial charge >= 0.3 is 6.43 Å². The third-order valence-corrected chi connectivity index (χ3v) is 2.49. The van der Waals surface area contributed by atoms with E-state index in [1.54, 1.807) is 12.1 Å². The molecule has 0 unspecified atom stereocenters. The van der Waals surface area contributed by atoms with E-state index in [9.17, 15) is 13.6 Å². The number of nitrogens with one attached hydrogen (secondary N) is 1. The SMILES string of the molecule is CCCCCc1ccc(NC(=O)C(F)F)cc1. The van der Waals surface area contributed by atoms with Crippen molar-refractivity contribution >= 4 is 11.6 Å². The second-order valence-corrected chi connectivity index (χ2v) is 3.94. The van der Waals surface area contributed by atoms with Crippen LogP contribution in [0.2, 0.25) is 0 Å². The fraction of sp³-hybridized carbons (Fsp3) is 0.462. The van der Waals surface area contributed by atoms with Crippen LogP contribution in [0.25, 0.3) is 0 Å². The number of carbonyl (C=O) groups is 1. The zero-order valence-electron chi connectivity index (χ0n) is 9.88. The highest BCUT2D eigenvalue weighted by Crippen LogP contribution is 2.13. The first-order chi connectivity index (χ1) is 8.13. The first kappa shape index (κ1) is 13.6. The van der Waals surface area contributed by atoms with Crippen molar-refractivity contribution in [2.45, 2.75) is 39.0 Å². The van der Waals surface area contributed by atoms with Crippen LogP contribution in [0.3, 0.4) is 0 Å². The number of halogens is 2. The summed E-state index contributed by atoms with van der Waals surface area (Å²) >= 11 is 0. The normalized spacial score (nSPS) is 10.6. The van der Waals surface area contributed by atoms with E-state index in [0.717, 1.165) is 18.4 Å². The molecule has 0 spiro atoms. The molecule has 1 aromatic rings. The molecule has 94 valence electrons. The number of benzene rings is 1. The van der Waals surface area contributed by atoms with E-state index in [0.29, 0.717) is 5.69 Å². The number of unbranched alkanes of at least 4 members (excludes halogenated alkanes) is 2. The van der Waals surface area contributed by atoms with Crippen molar-refractivity contribution in [3.8, 4) is 0 Å². The molecule has 0 aliphatic rings. The molecule has 0 aliphatic carbocycles. The number of carbonyl (C=O) groups excluding carboxylic acids is 1.